The van der Waals surface area contributed by atoms with Crippen LogP contribution in [0.5, 0.6) is 0 Å². The summed E-state index contributed by atoms with van der Waals surface area (Å²) in [6.07, 6.45) is 2.36. The Balaban J connectivity index is 2.35. The van der Waals surface area contributed by atoms with Gasteiger partial charge in [0, 0.05) is 25.8 Å². The minimum absolute atomic E-state index is 0.0524. The molecule has 0 aromatic carbocycles. The van der Waals surface area contributed by atoms with E-state index in [1.165, 1.54) is 6.33 Å². The molecule has 0 amide bonds. The van der Waals surface area contributed by atoms with E-state index in [1.807, 2.05) is 41.5 Å². The number of nitrogens with two attached hydrogens (primary N) is 1. The number of fused-ring (bicyclic) bond motifs is 1. The first-order chi connectivity index (χ1) is 17.8. The number of imidazole rings is 1. The first-order valence-electron chi connectivity index (χ1n) is 13.0. The molecule has 3 N–H and O–H groups in total. The predicted molar refractivity (Wildman–Crippen MR) is 141 cm³/mol. The summed E-state index contributed by atoms with van der Waals surface area (Å²) < 4.78 is 18.4. The zero-order valence-corrected chi connectivity index (χ0v) is 23.2. The first kappa shape index (κ1) is 30.8. The predicted octanol–water partition coefficient (Wildman–Crippen LogP) is 2.85. The average molecular weight is 536 g/mol. The van der Waals surface area contributed by atoms with E-state index in [1.54, 1.807) is 4.57 Å². The standard InChI is InChI=1S/C26H41N5O7/c1-16(2)9-19(32)36-12-26(13-37-20(33)10-17(3)4,14-38-21(34)11-18(5)6)7-8-31-15-28-22-23(31)29-25(27)30-24(22)35/h15-18H,7-14H2,1-6H3,(H3,27,29,30,35). The molecule has 0 aliphatic rings. The fourth-order valence-corrected chi connectivity index (χ4v) is 3.71. The Labute approximate surface area is 222 Å². The SMILES string of the molecule is CC(C)CC(=O)OCC(CCn1cnc2c(=O)[nH]c(N)nc21)(COC(=O)CC(C)C)COC(=O)CC(C)C. The van der Waals surface area contributed by atoms with Gasteiger partial charge in [0.1, 0.15) is 19.8 Å². The second-order valence-electron chi connectivity index (χ2n) is 11.1. The van der Waals surface area contributed by atoms with Crippen LogP contribution in [0, 0.1) is 23.2 Å². The molecule has 2 heterocycles. The number of esters is 3. The van der Waals surface area contributed by atoms with Crippen LogP contribution in [0.3, 0.4) is 0 Å². The summed E-state index contributed by atoms with van der Waals surface area (Å²) in [5.41, 5.74) is 4.61. The second-order valence-corrected chi connectivity index (χ2v) is 11.1. The third kappa shape index (κ3) is 9.79. The van der Waals surface area contributed by atoms with Gasteiger partial charge in [-0.2, -0.15) is 4.98 Å². The zero-order chi connectivity index (χ0) is 28.5. The van der Waals surface area contributed by atoms with E-state index in [4.69, 9.17) is 19.9 Å². The Morgan fingerprint density at radius 3 is 1.76 bits per heavy atom. The van der Waals surface area contributed by atoms with Gasteiger partial charge >= 0.3 is 17.9 Å². The van der Waals surface area contributed by atoms with Gasteiger partial charge in [-0.15, -0.1) is 0 Å². The molecule has 0 unspecified atom stereocenters. The lowest BCUT2D eigenvalue weighted by atomic mass is 9.86. The lowest BCUT2D eigenvalue weighted by Gasteiger charge is -2.32. The molecule has 0 fully saturated rings. The van der Waals surface area contributed by atoms with Crippen molar-refractivity contribution in [3.8, 4) is 0 Å². The number of hydrogen-bond acceptors (Lipinski definition) is 10. The highest BCUT2D eigenvalue weighted by Crippen LogP contribution is 2.28. The molecule has 2 aromatic rings. The van der Waals surface area contributed by atoms with Crippen molar-refractivity contribution < 1.29 is 28.6 Å². The Morgan fingerprint density at radius 1 is 0.895 bits per heavy atom. The minimum atomic E-state index is -1.05. The van der Waals surface area contributed by atoms with Gasteiger partial charge < -0.3 is 24.5 Å². The van der Waals surface area contributed by atoms with Gasteiger partial charge in [-0.3, -0.25) is 24.2 Å². The molecule has 0 bridgehead atoms. The van der Waals surface area contributed by atoms with Gasteiger partial charge in [0.2, 0.25) is 5.95 Å². The number of aromatic amines is 1. The number of nitrogens with zero attached hydrogens (tertiary/aromatic N) is 3. The summed E-state index contributed by atoms with van der Waals surface area (Å²) in [5.74, 6) is -0.977. The molecule has 212 valence electrons. The third-order valence-corrected chi connectivity index (χ3v) is 5.72. The Kier molecular flexibility index (Phi) is 11.3. The summed E-state index contributed by atoms with van der Waals surface area (Å²) in [7, 11) is 0. The van der Waals surface area contributed by atoms with Crippen molar-refractivity contribution in [3.05, 3.63) is 16.7 Å². The molecule has 12 nitrogen and oxygen atoms in total. The van der Waals surface area contributed by atoms with Crippen LogP contribution in [0.15, 0.2) is 11.1 Å². The van der Waals surface area contributed by atoms with Crippen LogP contribution >= 0.6 is 0 Å². The molecule has 0 atom stereocenters. The molecular formula is C26H41N5O7. The van der Waals surface area contributed by atoms with Crippen molar-refractivity contribution >= 4 is 35.0 Å². The number of anilines is 1. The van der Waals surface area contributed by atoms with Gasteiger partial charge in [-0.1, -0.05) is 41.5 Å². The van der Waals surface area contributed by atoms with Crippen LogP contribution in [0.1, 0.15) is 67.2 Å². The Hall–Kier alpha value is -3.44. The molecule has 2 aromatic heterocycles. The maximum atomic E-state index is 12.4. The normalized spacial score (nSPS) is 11.9. The number of nitrogen functional groups attached to an aromatic ring is 1. The number of ether oxygens (including phenoxy) is 3. The zero-order valence-electron chi connectivity index (χ0n) is 23.2. The van der Waals surface area contributed by atoms with E-state index in [0.717, 1.165) is 0 Å². The smallest absolute Gasteiger partial charge is 0.306 e. The molecule has 0 saturated carbocycles. The van der Waals surface area contributed by atoms with Crippen molar-refractivity contribution in [2.75, 3.05) is 25.6 Å². The largest absolute Gasteiger partial charge is 0.465 e. The summed E-state index contributed by atoms with van der Waals surface area (Å²) in [5, 5.41) is 0. The highest BCUT2D eigenvalue weighted by molar-refractivity contribution is 5.71. The van der Waals surface area contributed by atoms with Crippen LogP contribution in [-0.4, -0.2) is 57.2 Å². The minimum Gasteiger partial charge on any atom is -0.465 e. The molecule has 0 aliphatic heterocycles. The highest BCUT2D eigenvalue weighted by Gasteiger charge is 2.36. The van der Waals surface area contributed by atoms with E-state index in [9.17, 15) is 19.2 Å². The van der Waals surface area contributed by atoms with Crippen LogP contribution in [0.4, 0.5) is 5.95 Å². The van der Waals surface area contributed by atoms with Gasteiger partial charge in [-0.25, -0.2) is 4.98 Å². The third-order valence-electron chi connectivity index (χ3n) is 5.72. The summed E-state index contributed by atoms with van der Waals surface area (Å²) in [6, 6.07) is 0. The van der Waals surface area contributed by atoms with Gasteiger partial charge in [0.25, 0.3) is 5.56 Å². The van der Waals surface area contributed by atoms with Crippen molar-refractivity contribution in [1.29, 1.82) is 0 Å². The van der Waals surface area contributed by atoms with E-state index in [0.29, 0.717) is 0 Å². The molecule has 38 heavy (non-hydrogen) atoms. The van der Waals surface area contributed by atoms with Crippen LogP contribution in [0.25, 0.3) is 11.2 Å². The first-order valence-corrected chi connectivity index (χ1v) is 13.0. The molecule has 12 heteroatoms. The number of rotatable bonds is 15. The Morgan fingerprint density at radius 2 is 1.34 bits per heavy atom. The molecule has 0 aliphatic carbocycles. The number of carbonyl (C=O) groups excluding carboxylic acids is 3. The molecule has 0 radical (unpaired) electrons. The number of nitrogens with one attached hydrogen (secondary N) is 1. The summed E-state index contributed by atoms with van der Waals surface area (Å²) in [4.78, 5) is 60.2. The van der Waals surface area contributed by atoms with Crippen molar-refractivity contribution in [3.63, 3.8) is 0 Å². The van der Waals surface area contributed by atoms with Crippen molar-refractivity contribution in [1.82, 2.24) is 19.5 Å². The van der Waals surface area contributed by atoms with E-state index >= 15 is 0 Å². The molecule has 2 rings (SSSR count). The van der Waals surface area contributed by atoms with E-state index in [2.05, 4.69) is 15.0 Å². The number of carbonyl (C=O) groups is 3. The van der Waals surface area contributed by atoms with Gasteiger partial charge in [-0.05, 0) is 24.2 Å². The highest BCUT2D eigenvalue weighted by atomic mass is 16.6. The van der Waals surface area contributed by atoms with Crippen LogP contribution in [0.2, 0.25) is 0 Å². The van der Waals surface area contributed by atoms with Crippen molar-refractivity contribution in [2.24, 2.45) is 23.2 Å². The second kappa shape index (κ2) is 13.9. The summed E-state index contributed by atoms with van der Waals surface area (Å²) in [6.45, 7) is 11.3. The Bertz CT molecular complexity index is 1090. The lowest BCUT2D eigenvalue weighted by Crippen LogP contribution is -2.40. The fourth-order valence-electron chi connectivity index (χ4n) is 3.71. The molecule has 0 spiro atoms. The average Bonchev–Trinajstić information content (AvgIpc) is 3.20. The number of aryl methyl sites for hydroxylation is 1. The van der Waals surface area contributed by atoms with E-state index < -0.39 is 28.9 Å². The lowest BCUT2D eigenvalue weighted by molar-refractivity contribution is -0.163. The topological polar surface area (TPSA) is 168 Å². The number of hydrogen-bond donors (Lipinski definition) is 2. The van der Waals surface area contributed by atoms with Crippen LogP contribution < -0.4 is 11.3 Å². The summed E-state index contributed by atoms with van der Waals surface area (Å²) >= 11 is 0. The monoisotopic (exact) mass is 535 g/mol. The van der Waals surface area contributed by atoms with Gasteiger partial charge in [0.15, 0.2) is 11.2 Å². The van der Waals surface area contributed by atoms with Crippen molar-refractivity contribution in [2.45, 2.75) is 73.8 Å². The number of aromatic nitrogens is 4. The van der Waals surface area contributed by atoms with Gasteiger partial charge in [0.05, 0.1) is 11.7 Å². The fraction of sp³-hybridized carbons (Fsp3) is 0.692. The molecule has 0 saturated heterocycles. The quantitative estimate of drug-likeness (QED) is 0.255. The molecular weight excluding hydrogens is 494 g/mol. The number of H-pyrrole nitrogens is 1. The maximum Gasteiger partial charge on any atom is 0.306 e. The van der Waals surface area contributed by atoms with E-state index in [-0.39, 0.29) is 86.9 Å². The van der Waals surface area contributed by atoms with Crippen LogP contribution in [-0.2, 0) is 35.1 Å². The maximum absolute atomic E-state index is 12.4.